The van der Waals surface area contributed by atoms with E-state index in [0.717, 1.165) is 13.1 Å². The lowest BCUT2D eigenvalue weighted by Gasteiger charge is -2.33. The second-order valence-electron chi connectivity index (χ2n) is 5.58. The Morgan fingerprint density at radius 1 is 1.48 bits per heavy atom. The third kappa shape index (κ3) is 3.63. The summed E-state index contributed by atoms with van der Waals surface area (Å²) in [5.74, 6) is -0.171. The Bertz CT molecular complexity index is 609. The lowest BCUT2D eigenvalue weighted by atomic mass is 10.2. The Morgan fingerprint density at radius 2 is 2.19 bits per heavy atom. The van der Waals surface area contributed by atoms with Gasteiger partial charge in [0.15, 0.2) is 0 Å². The minimum Gasteiger partial charge on any atom is -0.356 e. The number of carbonyl (C=O) groups is 1. The van der Waals surface area contributed by atoms with Gasteiger partial charge in [0.2, 0.25) is 10.0 Å². The maximum absolute atomic E-state index is 12.4. The van der Waals surface area contributed by atoms with Crippen LogP contribution in [0.15, 0.2) is 17.2 Å². The lowest BCUT2D eigenvalue weighted by Crippen LogP contribution is -2.52. The van der Waals surface area contributed by atoms with E-state index in [9.17, 15) is 13.2 Å². The van der Waals surface area contributed by atoms with Crippen LogP contribution in [-0.4, -0.2) is 55.9 Å². The van der Waals surface area contributed by atoms with E-state index in [0.29, 0.717) is 12.2 Å². The van der Waals surface area contributed by atoms with Gasteiger partial charge in [-0.2, -0.15) is 0 Å². The van der Waals surface area contributed by atoms with Crippen molar-refractivity contribution in [3.05, 3.63) is 18.0 Å². The predicted molar refractivity (Wildman–Crippen MR) is 79.6 cm³/mol. The van der Waals surface area contributed by atoms with Crippen LogP contribution in [0, 0.1) is 0 Å². The SMILES string of the molecule is CC(C)NS(=O)(=O)c1c[nH]c(C(=O)N2CCNC[C@H]2C)c1. The molecule has 1 aliphatic heterocycles. The predicted octanol–water partition coefficient (Wildman–Crippen LogP) is 0.135. The standard InChI is InChI=1S/C13H22N4O3S/c1-9(2)16-21(19,20)11-6-12(15-8-11)13(18)17-5-4-14-7-10(17)3/h6,8-10,14-16H,4-5,7H2,1-3H3/t10-/m1/s1. The summed E-state index contributed by atoms with van der Waals surface area (Å²) in [5.41, 5.74) is 0.299. The molecule has 0 bridgehead atoms. The van der Waals surface area contributed by atoms with Crippen LogP contribution in [0.3, 0.4) is 0 Å². The van der Waals surface area contributed by atoms with Crippen molar-refractivity contribution in [2.45, 2.75) is 37.8 Å². The first-order valence-corrected chi connectivity index (χ1v) is 8.52. The Kier molecular flexibility index (Phi) is 4.70. The van der Waals surface area contributed by atoms with Crippen LogP contribution in [0.2, 0.25) is 0 Å². The lowest BCUT2D eigenvalue weighted by molar-refractivity contribution is 0.0650. The minimum absolute atomic E-state index is 0.0855. The monoisotopic (exact) mass is 314 g/mol. The van der Waals surface area contributed by atoms with E-state index in [1.165, 1.54) is 12.3 Å². The van der Waals surface area contributed by atoms with Crippen molar-refractivity contribution in [3.8, 4) is 0 Å². The average Bonchev–Trinajstić information content (AvgIpc) is 2.87. The van der Waals surface area contributed by atoms with Gasteiger partial charge in [-0.1, -0.05) is 0 Å². The molecule has 2 heterocycles. The molecule has 8 heteroatoms. The van der Waals surface area contributed by atoms with E-state index >= 15 is 0 Å². The van der Waals surface area contributed by atoms with Crippen molar-refractivity contribution in [3.63, 3.8) is 0 Å². The number of carbonyl (C=O) groups excluding carboxylic acids is 1. The third-order valence-electron chi connectivity index (χ3n) is 3.35. The number of nitrogens with one attached hydrogen (secondary N) is 3. The van der Waals surface area contributed by atoms with Crippen molar-refractivity contribution in [1.29, 1.82) is 0 Å². The Labute approximate surface area is 125 Å². The first kappa shape index (κ1) is 16.0. The number of aromatic nitrogens is 1. The summed E-state index contributed by atoms with van der Waals surface area (Å²) in [5, 5.41) is 3.21. The first-order valence-electron chi connectivity index (χ1n) is 7.03. The summed E-state index contributed by atoms with van der Waals surface area (Å²) in [7, 11) is -3.58. The largest absolute Gasteiger partial charge is 0.356 e. The number of H-pyrrole nitrogens is 1. The number of rotatable bonds is 4. The fourth-order valence-corrected chi connectivity index (χ4v) is 3.57. The van der Waals surface area contributed by atoms with Gasteiger partial charge >= 0.3 is 0 Å². The van der Waals surface area contributed by atoms with Crippen LogP contribution < -0.4 is 10.0 Å². The van der Waals surface area contributed by atoms with E-state index in [1.54, 1.807) is 18.7 Å². The van der Waals surface area contributed by atoms with E-state index in [2.05, 4.69) is 15.0 Å². The molecule has 1 fully saturated rings. The van der Waals surface area contributed by atoms with Crippen LogP contribution >= 0.6 is 0 Å². The fourth-order valence-electron chi connectivity index (χ4n) is 2.33. The molecule has 0 spiro atoms. The highest BCUT2D eigenvalue weighted by Crippen LogP contribution is 2.15. The summed E-state index contributed by atoms with van der Waals surface area (Å²) in [6, 6.07) is 1.28. The first-order chi connectivity index (χ1) is 9.81. The van der Waals surface area contributed by atoms with Crippen LogP contribution in [0.25, 0.3) is 0 Å². The summed E-state index contributed by atoms with van der Waals surface area (Å²) in [6.07, 6.45) is 1.35. The molecule has 118 valence electrons. The smallest absolute Gasteiger partial charge is 0.270 e. The zero-order chi connectivity index (χ0) is 15.6. The number of amides is 1. The molecule has 0 aliphatic carbocycles. The molecule has 7 nitrogen and oxygen atoms in total. The van der Waals surface area contributed by atoms with Gasteiger partial charge in [0.05, 0.1) is 0 Å². The number of piperazine rings is 1. The highest BCUT2D eigenvalue weighted by Gasteiger charge is 2.26. The molecule has 1 atom stereocenters. The molecule has 0 unspecified atom stereocenters. The zero-order valence-electron chi connectivity index (χ0n) is 12.5. The number of sulfonamides is 1. The van der Waals surface area contributed by atoms with E-state index in [1.807, 2.05) is 6.92 Å². The van der Waals surface area contributed by atoms with Crippen molar-refractivity contribution >= 4 is 15.9 Å². The molecule has 21 heavy (non-hydrogen) atoms. The molecule has 2 rings (SSSR count). The van der Waals surface area contributed by atoms with E-state index < -0.39 is 10.0 Å². The number of hydrogen-bond donors (Lipinski definition) is 3. The van der Waals surface area contributed by atoms with Gasteiger partial charge in [-0.3, -0.25) is 4.79 Å². The molecule has 1 saturated heterocycles. The Morgan fingerprint density at radius 3 is 2.81 bits per heavy atom. The molecule has 0 saturated carbocycles. The highest BCUT2D eigenvalue weighted by molar-refractivity contribution is 7.89. The van der Waals surface area contributed by atoms with E-state index in [4.69, 9.17) is 0 Å². The molecule has 0 aromatic carbocycles. The van der Waals surface area contributed by atoms with Gasteiger partial charge in [-0.05, 0) is 26.8 Å². The van der Waals surface area contributed by atoms with Crippen LogP contribution in [-0.2, 0) is 10.0 Å². The maximum Gasteiger partial charge on any atom is 0.270 e. The van der Waals surface area contributed by atoms with Crippen LogP contribution in [0.4, 0.5) is 0 Å². The maximum atomic E-state index is 12.4. The topological polar surface area (TPSA) is 94.3 Å². The molecule has 0 radical (unpaired) electrons. The van der Waals surface area contributed by atoms with Crippen LogP contribution in [0.5, 0.6) is 0 Å². The summed E-state index contributed by atoms with van der Waals surface area (Å²) in [6.45, 7) is 7.57. The number of aromatic amines is 1. The molecule has 1 aliphatic rings. The highest BCUT2D eigenvalue weighted by atomic mass is 32.2. The van der Waals surface area contributed by atoms with E-state index in [-0.39, 0.29) is 22.9 Å². The van der Waals surface area contributed by atoms with Gasteiger partial charge < -0.3 is 15.2 Å². The van der Waals surface area contributed by atoms with Crippen molar-refractivity contribution < 1.29 is 13.2 Å². The fraction of sp³-hybridized carbons (Fsp3) is 0.615. The van der Waals surface area contributed by atoms with Crippen molar-refractivity contribution in [1.82, 2.24) is 19.9 Å². The van der Waals surface area contributed by atoms with Crippen molar-refractivity contribution in [2.24, 2.45) is 0 Å². The van der Waals surface area contributed by atoms with Crippen molar-refractivity contribution in [2.75, 3.05) is 19.6 Å². The molecule has 1 aromatic rings. The second-order valence-corrected chi connectivity index (χ2v) is 7.29. The normalized spacial score (nSPS) is 20.0. The van der Waals surface area contributed by atoms with Crippen LogP contribution in [0.1, 0.15) is 31.3 Å². The van der Waals surface area contributed by atoms with Gasteiger partial charge in [0, 0.05) is 37.9 Å². The third-order valence-corrected chi connectivity index (χ3v) is 4.99. The quantitative estimate of drug-likeness (QED) is 0.736. The summed E-state index contributed by atoms with van der Waals surface area (Å²) in [4.78, 5) is 17.0. The second kappa shape index (κ2) is 6.17. The van der Waals surface area contributed by atoms with Gasteiger partial charge in [0.1, 0.15) is 10.6 Å². The Hall–Kier alpha value is -1.38. The van der Waals surface area contributed by atoms with Gasteiger partial charge in [-0.15, -0.1) is 0 Å². The molecular formula is C13H22N4O3S. The number of nitrogens with zero attached hydrogens (tertiary/aromatic N) is 1. The molecular weight excluding hydrogens is 292 g/mol. The minimum atomic E-state index is -3.58. The molecule has 3 N–H and O–H groups in total. The summed E-state index contributed by atoms with van der Waals surface area (Å²) < 4.78 is 26.6. The zero-order valence-corrected chi connectivity index (χ0v) is 13.3. The molecule has 1 aromatic heterocycles. The average molecular weight is 314 g/mol. The van der Waals surface area contributed by atoms with Gasteiger partial charge in [-0.25, -0.2) is 13.1 Å². The summed E-state index contributed by atoms with van der Waals surface area (Å²) >= 11 is 0. The number of hydrogen-bond acceptors (Lipinski definition) is 4. The molecule has 1 amide bonds. The van der Waals surface area contributed by atoms with Gasteiger partial charge in [0.25, 0.3) is 5.91 Å². The Balaban J connectivity index is 2.18.